The number of amides is 1. The predicted octanol–water partition coefficient (Wildman–Crippen LogP) is 3.26. The van der Waals surface area contributed by atoms with Crippen LogP contribution in [-0.2, 0) is 4.79 Å². The summed E-state index contributed by atoms with van der Waals surface area (Å²) < 4.78 is 0. The highest BCUT2D eigenvalue weighted by atomic mass is 35.5. The summed E-state index contributed by atoms with van der Waals surface area (Å²) >= 11 is 0. The minimum Gasteiger partial charge on any atom is -0.352 e. The van der Waals surface area contributed by atoms with Crippen LogP contribution in [-0.4, -0.2) is 18.0 Å². The van der Waals surface area contributed by atoms with Crippen LogP contribution in [0.5, 0.6) is 0 Å². The van der Waals surface area contributed by atoms with Crippen molar-refractivity contribution in [3.63, 3.8) is 0 Å². The number of hydrogen-bond acceptors (Lipinski definition) is 2. The summed E-state index contributed by atoms with van der Waals surface area (Å²) in [6.45, 7) is 8.88. The number of nitrogens with two attached hydrogens (primary N) is 1. The fraction of sp³-hybridized carbons (Fsp3) is 0.933. The molecule has 0 aromatic heterocycles. The van der Waals surface area contributed by atoms with Crippen molar-refractivity contribution in [2.24, 2.45) is 17.1 Å². The Labute approximate surface area is 124 Å². The van der Waals surface area contributed by atoms with E-state index in [1.54, 1.807) is 0 Å². The zero-order chi connectivity index (χ0) is 13.8. The van der Waals surface area contributed by atoms with Gasteiger partial charge in [-0.25, -0.2) is 0 Å². The third-order valence-corrected chi connectivity index (χ3v) is 4.14. The van der Waals surface area contributed by atoms with Crippen molar-refractivity contribution in [2.75, 3.05) is 0 Å². The number of carbonyl (C=O) groups excluding carboxylic acids is 1. The second kappa shape index (κ2) is 8.11. The van der Waals surface area contributed by atoms with Crippen molar-refractivity contribution in [3.05, 3.63) is 0 Å². The van der Waals surface area contributed by atoms with E-state index in [9.17, 15) is 4.79 Å². The molecular formula is C15H31ClN2O. The molecule has 3 atom stereocenters. The number of rotatable bonds is 4. The molecule has 0 aromatic carbocycles. The lowest BCUT2D eigenvalue weighted by Crippen LogP contribution is -2.51. The van der Waals surface area contributed by atoms with Crippen LogP contribution in [0.3, 0.4) is 0 Å². The molecule has 0 bridgehead atoms. The summed E-state index contributed by atoms with van der Waals surface area (Å²) in [5, 5.41) is 3.20. The Morgan fingerprint density at radius 3 is 2.42 bits per heavy atom. The van der Waals surface area contributed by atoms with Crippen LogP contribution in [0.25, 0.3) is 0 Å². The van der Waals surface area contributed by atoms with Crippen LogP contribution in [0.4, 0.5) is 0 Å². The largest absolute Gasteiger partial charge is 0.352 e. The van der Waals surface area contributed by atoms with Crippen molar-refractivity contribution in [1.29, 1.82) is 0 Å². The second-order valence-corrected chi connectivity index (χ2v) is 6.77. The molecule has 4 heteroatoms. The highest BCUT2D eigenvalue weighted by molar-refractivity contribution is 5.85. The van der Waals surface area contributed by atoms with Crippen molar-refractivity contribution >= 4 is 18.3 Å². The molecule has 0 radical (unpaired) electrons. The Morgan fingerprint density at radius 2 is 1.89 bits per heavy atom. The normalized spacial score (nSPS) is 25.3. The van der Waals surface area contributed by atoms with Gasteiger partial charge in [-0.3, -0.25) is 4.79 Å². The quantitative estimate of drug-likeness (QED) is 0.835. The Kier molecular flexibility index (Phi) is 7.99. The van der Waals surface area contributed by atoms with Gasteiger partial charge in [0.2, 0.25) is 5.91 Å². The molecule has 1 rings (SSSR count). The average molecular weight is 291 g/mol. The zero-order valence-corrected chi connectivity index (χ0v) is 13.7. The van der Waals surface area contributed by atoms with Gasteiger partial charge >= 0.3 is 0 Å². The van der Waals surface area contributed by atoms with Gasteiger partial charge in [0, 0.05) is 6.04 Å². The van der Waals surface area contributed by atoms with E-state index in [1.165, 1.54) is 19.3 Å². The minimum atomic E-state index is -0.336. The monoisotopic (exact) mass is 290 g/mol. The molecule has 0 saturated heterocycles. The number of carbonyl (C=O) groups is 1. The molecule has 0 aromatic rings. The first-order valence-corrected chi connectivity index (χ1v) is 7.42. The second-order valence-electron chi connectivity index (χ2n) is 6.77. The van der Waals surface area contributed by atoms with E-state index < -0.39 is 0 Å². The fourth-order valence-corrected chi connectivity index (χ4v) is 3.07. The lowest BCUT2D eigenvalue weighted by molar-refractivity contribution is -0.124. The molecule has 0 spiro atoms. The summed E-state index contributed by atoms with van der Waals surface area (Å²) in [7, 11) is 0. The van der Waals surface area contributed by atoms with Gasteiger partial charge in [0.1, 0.15) is 0 Å². The van der Waals surface area contributed by atoms with Crippen molar-refractivity contribution in [1.82, 2.24) is 5.32 Å². The van der Waals surface area contributed by atoms with E-state index >= 15 is 0 Å². The van der Waals surface area contributed by atoms with E-state index in [-0.39, 0.29) is 29.8 Å². The lowest BCUT2D eigenvalue weighted by Gasteiger charge is -2.41. The van der Waals surface area contributed by atoms with Crippen LogP contribution in [0.1, 0.15) is 66.2 Å². The van der Waals surface area contributed by atoms with E-state index in [2.05, 4.69) is 33.0 Å². The van der Waals surface area contributed by atoms with Crippen molar-refractivity contribution in [2.45, 2.75) is 78.3 Å². The van der Waals surface area contributed by atoms with E-state index in [1.807, 2.05) is 0 Å². The maximum absolute atomic E-state index is 12.0. The van der Waals surface area contributed by atoms with Gasteiger partial charge in [-0.15, -0.1) is 12.4 Å². The van der Waals surface area contributed by atoms with Gasteiger partial charge in [0.25, 0.3) is 0 Å². The molecular weight excluding hydrogens is 260 g/mol. The van der Waals surface area contributed by atoms with E-state index in [0.717, 1.165) is 19.3 Å². The van der Waals surface area contributed by atoms with Gasteiger partial charge < -0.3 is 11.1 Å². The molecule has 0 heterocycles. The molecule has 1 saturated carbocycles. The maximum Gasteiger partial charge on any atom is 0.237 e. The van der Waals surface area contributed by atoms with Crippen molar-refractivity contribution in [3.8, 4) is 0 Å². The van der Waals surface area contributed by atoms with Crippen LogP contribution in [0.2, 0.25) is 0 Å². The molecule has 0 aliphatic heterocycles. The zero-order valence-electron chi connectivity index (χ0n) is 12.9. The van der Waals surface area contributed by atoms with E-state index in [0.29, 0.717) is 12.0 Å². The predicted molar refractivity (Wildman–Crippen MR) is 83.5 cm³/mol. The highest BCUT2D eigenvalue weighted by Crippen LogP contribution is 2.37. The molecule has 3 nitrogen and oxygen atoms in total. The summed E-state index contributed by atoms with van der Waals surface area (Å²) in [6, 6.07) is -0.0216. The summed E-state index contributed by atoms with van der Waals surface area (Å²) in [5.74, 6) is 0.613. The Morgan fingerprint density at radius 1 is 1.32 bits per heavy atom. The molecule has 1 aliphatic carbocycles. The summed E-state index contributed by atoms with van der Waals surface area (Å²) in [6.07, 6.45) is 6.57. The molecule has 3 unspecified atom stereocenters. The smallest absolute Gasteiger partial charge is 0.237 e. The number of hydrogen-bond donors (Lipinski definition) is 2. The molecule has 3 N–H and O–H groups in total. The summed E-state index contributed by atoms with van der Waals surface area (Å²) in [5.41, 5.74) is 6.14. The standard InChI is InChI=1S/C15H30N2O.ClH/c1-5-8-12(16)14(18)17-13-10-7-6-9-11(13)15(2,3)4;/h11-13H,5-10,16H2,1-4H3,(H,17,18);1H. The Hall–Kier alpha value is -0.280. The first kappa shape index (κ1) is 18.7. The molecule has 19 heavy (non-hydrogen) atoms. The minimum absolute atomic E-state index is 0. The molecule has 114 valence electrons. The third kappa shape index (κ3) is 5.70. The molecule has 1 fully saturated rings. The van der Waals surface area contributed by atoms with Crippen molar-refractivity contribution < 1.29 is 4.79 Å². The fourth-order valence-electron chi connectivity index (χ4n) is 3.07. The third-order valence-electron chi connectivity index (χ3n) is 4.14. The molecule has 1 amide bonds. The lowest BCUT2D eigenvalue weighted by atomic mass is 9.69. The van der Waals surface area contributed by atoms with Gasteiger partial charge in [-0.05, 0) is 30.6 Å². The number of nitrogens with one attached hydrogen (secondary N) is 1. The van der Waals surface area contributed by atoms with Crippen LogP contribution in [0, 0.1) is 11.3 Å². The number of halogens is 1. The van der Waals surface area contributed by atoms with Gasteiger partial charge in [-0.1, -0.05) is 47.0 Å². The Balaban J connectivity index is 0.00000324. The van der Waals surface area contributed by atoms with Crippen LogP contribution >= 0.6 is 12.4 Å². The topological polar surface area (TPSA) is 55.1 Å². The SMILES string of the molecule is CCCC(N)C(=O)NC1CCCCC1C(C)(C)C.Cl. The molecule has 1 aliphatic rings. The van der Waals surface area contributed by atoms with Crippen LogP contribution in [0.15, 0.2) is 0 Å². The Bertz CT molecular complexity index is 276. The first-order chi connectivity index (χ1) is 8.36. The van der Waals surface area contributed by atoms with Gasteiger partial charge in [0.05, 0.1) is 6.04 Å². The first-order valence-electron chi connectivity index (χ1n) is 7.42. The highest BCUT2D eigenvalue weighted by Gasteiger charge is 2.35. The van der Waals surface area contributed by atoms with Gasteiger partial charge in [-0.2, -0.15) is 0 Å². The van der Waals surface area contributed by atoms with E-state index in [4.69, 9.17) is 5.73 Å². The van der Waals surface area contributed by atoms with Crippen LogP contribution < -0.4 is 11.1 Å². The summed E-state index contributed by atoms with van der Waals surface area (Å²) in [4.78, 5) is 12.0. The van der Waals surface area contributed by atoms with Gasteiger partial charge in [0.15, 0.2) is 0 Å². The maximum atomic E-state index is 12.0. The average Bonchev–Trinajstić information content (AvgIpc) is 2.28.